The number of carbonyl (C=O) groups excluding carboxylic acids is 4. The highest BCUT2D eigenvalue weighted by molar-refractivity contribution is 8.18. The Kier molecular flexibility index (Phi) is 8.44. The number of hydrogen-bond donors (Lipinski definition) is 2. The van der Waals surface area contributed by atoms with Gasteiger partial charge in [0.15, 0.2) is 6.61 Å². The van der Waals surface area contributed by atoms with Crippen molar-refractivity contribution < 1.29 is 28.7 Å². The first-order valence-electron chi connectivity index (χ1n) is 11.6. The molecule has 0 saturated carbocycles. The maximum atomic E-state index is 12.8. The van der Waals surface area contributed by atoms with E-state index < -0.39 is 23.6 Å². The van der Waals surface area contributed by atoms with E-state index >= 15 is 0 Å². The van der Waals surface area contributed by atoms with E-state index in [-0.39, 0.29) is 17.4 Å². The van der Waals surface area contributed by atoms with Gasteiger partial charge in [-0.25, -0.2) is 0 Å². The van der Waals surface area contributed by atoms with Crippen LogP contribution in [0, 0.1) is 6.92 Å². The van der Waals surface area contributed by atoms with Gasteiger partial charge in [-0.1, -0.05) is 30.3 Å². The van der Waals surface area contributed by atoms with E-state index in [0.717, 1.165) is 27.9 Å². The lowest BCUT2D eigenvalue weighted by Crippen LogP contribution is -2.36. The molecule has 0 spiro atoms. The Balaban J connectivity index is 1.30. The molecule has 3 aromatic carbocycles. The number of nitrogens with one attached hydrogen (secondary N) is 2. The van der Waals surface area contributed by atoms with Gasteiger partial charge in [-0.2, -0.15) is 0 Å². The topological polar surface area (TPSA) is 114 Å². The first kappa shape index (κ1) is 26.5. The second kappa shape index (κ2) is 12.1. The van der Waals surface area contributed by atoms with Gasteiger partial charge in [0.1, 0.15) is 18.0 Å². The second-order valence-corrected chi connectivity index (χ2v) is 9.26. The molecule has 1 heterocycles. The van der Waals surface area contributed by atoms with Crippen molar-refractivity contribution in [2.75, 3.05) is 30.9 Å². The predicted molar refractivity (Wildman–Crippen MR) is 146 cm³/mol. The van der Waals surface area contributed by atoms with Gasteiger partial charge in [0.05, 0.1) is 12.0 Å². The predicted octanol–water partition coefficient (Wildman–Crippen LogP) is 4.70. The van der Waals surface area contributed by atoms with Gasteiger partial charge in [-0.15, -0.1) is 0 Å². The molecule has 9 nitrogen and oxygen atoms in total. The Labute approximate surface area is 223 Å². The number of methoxy groups -OCH3 is 1. The molecule has 2 N–H and O–H groups in total. The lowest BCUT2D eigenvalue weighted by atomic mass is 10.2. The molecule has 3 aromatic rings. The van der Waals surface area contributed by atoms with E-state index in [4.69, 9.17) is 9.47 Å². The van der Waals surface area contributed by atoms with Crippen molar-refractivity contribution in [1.82, 2.24) is 4.90 Å². The van der Waals surface area contributed by atoms with Crippen LogP contribution >= 0.6 is 11.8 Å². The average Bonchev–Trinajstić information content (AvgIpc) is 3.17. The van der Waals surface area contributed by atoms with Gasteiger partial charge < -0.3 is 20.1 Å². The molecular formula is C28H25N3O6S. The lowest BCUT2D eigenvalue weighted by molar-refractivity contribution is -0.127. The molecule has 10 heteroatoms. The summed E-state index contributed by atoms with van der Waals surface area (Å²) in [4.78, 5) is 50.8. The van der Waals surface area contributed by atoms with Gasteiger partial charge in [-0.3, -0.25) is 24.1 Å². The van der Waals surface area contributed by atoms with E-state index in [1.165, 1.54) is 7.11 Å². The highest BCUT2D eigenvalue weighted by atomic mass is 32.2. The number of carbonyl (C=O) groups is 4. The molecule has 0 aliphatic carbocycles. The van der Waals surface area contributed by atoms with Crippen LogP contribution in [-0.2, 0) is 14.4 Å². The van der Waals surface area contributed by atoms with E-state index in [9.17, 15) is 19.2 Å². The molecule has 0 bridgehead atoms. The van der Waals surface area contributed by atoms with Crippen LogP contribution < -0.4 is 20.1 Å². The average molecular weight is 532 g/mol. The number of benzene rings is 3. The highest BCUT2D eigenvalue weighted by Gasteiger charge is 2.36. The summed E-state index contributed by atoms with van der Waals surface area (Å²) in [7, 11) is 1.54. The minimum Gasteiger partial charge on any atom is -0.497 e. The summed E-state index contributed by atoms with van der Waals surface area (Å²) >= 11 is 0.768. The molecule has 4 rings (SSSR count). The second-order valence-electron chi connectivity index (χ2n) is 8.27. The number of ether oxygens (including phenoxy) is 2. The van der Waals surface area contributed by atoms with Crippen LogP contribution in [-0.4, -0.2) is 48.1 Å². The monoisotopic (exact) mass is 531 g/mol. The summed E-state index contributed by atoms with van der Waals surface area (Å²) in [5.41, 5.74) is 2.86. The fourth-order valence-electron chi connectivity index (χ4n) is 3.51. The molecule has 194 valence electrons. The summed E-state index contributed by atoms with van der Waals surface area (Å²) in [5.74, 6) is -0.203. The van der Waals surface area contributed by atoms with Crippen LogP contribution in [0.4, 0.5) is 16.2 Å². The smallest absolute Gasteiger partial charge is 0.294 e. The number of amides is 4. The summed E-state index contributed by atoms with van der Waals surface area (Å²) < 4.78 is 10.6. The Hall–Kier alpha value is -4.57. The van der Waals surface area contributed by atoms with E-state index in [2.05, 4.69) is 10.6 Å². The third-order valence-corrected chi connectivity index (χ3v) is 6.42. The maximum Gasteiger partial charge on any atom is 0.294 e. The molecule has 0 atom stereocenters. The number of aryl methyl sites for hydroxylation is 1. The van der Waals surface area contributed by atoms with Crippen molar-refractivity contribution in [1.29, 1.82) is 0 Å². The summed E-state index contributed by atoms with van der Waals surface area (Å²) in [6, 6.07) is 20.9. The molecular weight excluding hydrogens is 506 g/mol. The number of nitrogens with zero attached hydrogens (tertiary/aromatic N) is 1. The Morgan fingerprint density at radius 2 is 1.58 bits per heavy atom. The number of hydrogen-bond acceptors (Lipinski definition) is 7. The number of imide groups is 1. The van der Waals surface area contributed by atoms with Crippen LogP contribution in [0.25, 0.3) is 6.08 Å². The molecule has 0 unspecified atom stereocenters. The van der Waals surface area contributed by atoms with E-state index in [1.807, 2.05) is 31.2 Å². The van der Waals surface area contributed by atoms with E-state index in [1.54, 1.807) is 54.6 Å². The standard InChI is InChI=1S/C28H25N3O6S/c1-18-5-3-4-6-23(18)30-26(33)17-37-22-11-7-19(8-12-22)15-24-27(34)31(28(35)38-24)16-25(32)29-20-9-13-21(36-2)14-10-20/h3-15H,16-17H2,1-2H3,(H,29,32)(H,30,33)/b24-15-. The summed E-state index contributed by atoms with van der Waals surface area (Å²) in [5, 5.41) is 4.93. The van der Waals surface area contributed by atoms with Crippen molar-refractivity contribution >= 4 is 52.2 Å². The fourth-order valence-corrected chi connectivity index (χ4v) is 4.35. The van der Waals surface area contributed by atoms with Crippen LogP contribution in [0.3, 0.4) is 0 Å². The number of anilines is 2. The van der Waals surface area contributed by atoms with Gasteiger partial charge in [0.2, 0.25) is 5.91 Å². The van der Waals surface area contributed by atoms with Crippen LogP contribution in [0.2, 0.25) is 0 Å². The minimum absolute atomic E-state index is 0.162. The molecule has 4 amide bonds. The minimum atomic E-state index is -0.543. The first-order valence-corrected chi connectivity index (χ1v) is 12.4. The zero-order valence-electron chi connectivity index (χ0n) is 20.7. The third kappa shape index (κ3) is 6.80. The SMILES string of the molecule is COc1ccc(NC(=O)CN2C(=O)S/C(=C\c3ccc(OCC(=O)Nc4ccccc4C)cc3)C2=O)cc1. The van der Waals surface area contributed by atoms with Crippen LogP contribution in [0.5, 0.6) is 11.5 Å². The molecule has 1 saturated heterocycles. The maximum absolute atomic E-state index is 12.8. The molecule has 1 aliphatic rings. The van der Waals surface area contributed by atoms with Crippen molar-refractivity contribution in [2.45, 2.75) is 6.92 Å². The fraction of sp³-hybridized carbons (Fsp3) is 0.143. The van der Waals surface area contributed by atoms with E-state index in [0.29, 0.717) is 22.7 Å². The van der Waals surface area contributed by atoms with Crippen LogP contribution in [0.15, 0.2) is 77.7 Å². The lowest BCUT2D eigenvalue weighted by Gasteiger charge is -2.12. The largest absolute Gasteiger partial charge is 0.497 e. The third-order valence-electron chi connectivity index (χ3n) is 5.52. The Morgan fingerprint density at radius 3 is 2.26 bits per heavy atom. The molecule has 0 aromatic heterocycles. The quantitative estimate of drug-likeness (QED) is 0.385. The number of rotatable bonds is 9. The normalized spacial score (nSPS) is 13.9. The zero-order chi connectivity index (χ0) is 27.1. The number of para-hydroxylation sites is 1. The number of thioether (sulfide) groups is 1. The van der Waals surface area contributed by atoms with Gasteiger partial charge in [-0.05, 0) is 78.4 Å². The molecule has 38 heavy (non-hydrogen) atoms. The summed E-state index contributed by atoms with van der Waals surface area (Å²) in [6.07, 6.45) is 1.57. The van der Waals surface area contributed by atoms with Crippen molar-refractivity contribution in [3.05, 3.63) is 88.8 Å². The highest BCUT2D eigenvalue weighted by Crippen LogP contribution is 2.32. The molecule has 0 radical (unpaired) electrons. The van der Waals surface area contributed by atoms with Crippen molar-refractivity contribution in [3.8, 4) is 11.5 Å². The van der Waals surface area contributed by atoms with Gasteiger partial charge in [0, 0.05) is 11.4 Å². The van der Waals surface area contributed by atoms with Crippen molar-refractivity contribution in [3.63, 3.8) is 0 Å². The summed E-state index contributed by atoms with van der Waals surface area (Å²) in [6.45, 7) is 1.34. The molecule has 1 aliphatic heterocycles. The van der Waals surface area contributed by atoms with Crippen LogP contribution in [0.1, 0.15) is 11.1 Å². The Morgan fingerprint density at radius 1 is 0.895 bits per heavy atom. The molecule has 1 fully saturated rings. The van der Waals surface area contributed by atoms with Gasteiger partial charge in [0.25, 0.3) is 17.1 Å². The first-order chi connectivity index (χ1) is 18.3. The van der Waals surface area contributed by atoms with Gasteiger partial charge >= 0.3 is 0 Å². The Bertz CT molecular complexity index is 1390. The zero-order valence-corrected chi connectivity index (χ0v) is 21.5. The van der Waals surface area contributed by atoms with Crippen molar-refractivity contribution in [2.24, 2.45) is 0 Å².